The molecule has 0 aliphatic carbocycles. The number of ketones is 1. The lowest BCUT2D eigenvalue weighted by molar-refractivity contribution is -0.120. The highest BCUT2D eigenvalue weighted by molar-refractivity contribution is 7.99. The van der Waals surface area contributed by atoms with Crippen LogP contribution in [0, 0.1) is 17.6 Å². The van der Waals surface area contributed by atoms with Gasteiger partial charge in [0.1, 0.15) is 23.3 Å². The van der Waals surface area contributed by atoms with Gasteiger partial charge in [0.05, 0.1) is 17.8 Å². The molecule has 40 heavy (non-hydrogen) atoms. The van der Waals surface area contributed by atoms with Crippen molar-refractivity contribution in [2.45, 2.75) is 69.5 Å². The van der Waals surface area contributed by atoms with Crippen LogP contribution in [0.25, 0.3) is 0 Å². The molecular weight excluding hydrogens is 562 g/mol. The van der Waals surface area contributed by atoms with Gasteiger partial charge in [-0.15, -0.1) is 11.8 Å². The van der Waals surface area contributed by atoms with Crippen LogP contribution in [-0.4, -0.2) is 48.4 Å². The summed E-state index contributed by atoms with van der Waals surface area (Å²) >= 11 is 7.08. The van der Waals surface area contributed by atoms with Crippen LogP contribution in [0.15, 0.2) is 35.2 Å². The molecule has 0 bridgehead atoms. The molecule has 1 atom stereocenters. The van der Waals surface area contributed by atoms with Crippen molar-refractivity contribution in [2.75, 3.05) is 23.9 Å². The van der Waals surface area contributed by atoms with Crippen molar-refractivity contribution in [1.82, 2.24) is 5.32 Å². The Morgan fingerprint density at radius 2 is 1.88 bits per heavy atom. The van der Waals surface area contributed by atoms with Gasteiger partial charge in [-0.1, -0.05) is 17.7 Å². The van der Waals surface area contributed by atoms with Gasteiger partial charge >= 0.3 is 6.09 Å². The van der Waals surface area contributed by atoms with E-state index in [2.05, 4.69) is 5.32 Å². The number of hydrogen-bond donors (Lipinski definition) is 1. The number of thioether (sulfide) groups is 1. The summed E-state index contributed by atoms with van der Waals surface area (Å²) in [6.07, 6.45) is 1.71. The molecule has 7 nitrogen and oxygen atoms in total. The van der Waals surface area contributed by atoms with Gasteiger partial charge < -0.3 is 19.7 Å². The minimum absolute atomic E-state index is 0.0845. The van der Waals surface area contributed by atoms with Gasteiger partial charge in [0.15, 0.2) is 5.78 Å². The summed E-state index contributed by atoms with van der Waals surface area (Å²) in [6, 6.07) is 5.66. The molecule has 2 aliphatic heterocycles. The lowest BCUT2D eigenvalue weighted by atomic mass is 9.92. The topological polar surface area (TPSA) is 84.9 Å². The van der Waals surface area contributed by atoms with Crippen molar-refractivity contribution < 1.29 is 32.6 Å². The van der Waals surface area contributed by atoms with Crippen molar-refractivity contribution in [3.8, 4) is 0 Å². The van der Waals surface area contributed by atoms with E-state index >= 15 is 4.39 Å². The summed E-state index contributed by atoms with van der Waals surface area (Å²) < 4.78 is 40.8. The van der Waals surface area contributed by atoms with Crippen molar-refractivity contribution in [2.24, 2.45) is 5.92 Å². The van der Waals surface area contributed by atoms with Crippen molar-refractivity contribution in [3.63, 3.8) is 0 Å². The van der Waals surface area contributed by atoms with E-state index in [9.17, 15) is 18.8 Å². The number of carbonyl (C=O) groups excluding carboxylic acids is 3. The number of rotatable bonds is 7. The Hall–Kier alpha value is -2.69. The number of carbonyl (C=O) groups is 3. The maximum absolute atomic E-state index is 15.3. The molecule has 2 heterocycles. The molecule has 2 aromatic rings. The van der Waals surface area contributed by atoms with Crippen LogP contribution >= 0.6 is 23.4 Å². The van der Waals surface area contributed by atoms with Crippen molar-refractivity contribution in [3.05, 3.63) is 58.1 Å². The summed E-state index contributed by atoms with van der Waals surface area (Å²) in [7, 11) is 0. The van der Waals surface area contributed by atoms with Crippen LogP contribution in [0.2, 0.25) is 5.02 Å². The number of Topliss-reactive ketones (excluding diaryl/α,β-unsaturated/α-hetero) is 1. The molecule has 0 aromatic heterocycles. The second-order valence-electron chi connectivity index (χ2n) is 11.0. The van der Waals surface area contributed by atoms with Crippen LogP contribution in [0.5, 0.6) is 0 Å². The number of amides is 2. The number of nitrogens with one attached hydrogen (secondary N) is 1. The van der Waals surface area contributed by atoms with Crippen LogP contribution in [0.1, 0.15) is 62.4 Å². The Labute approximate surface area is 241 Å². The van der Waals surface area contributed by atoms with Crippen LogP contribution in [0.4, 0.5) is 19.3 Å². The zero-order valence-corrected chi connectivity index (χ0v) is 24.3. The summed E-state index contributed by atoms with van der Waals surface area (Å²) in [5.41, 5.74) is -0.473. The van der Waals surface area contributed by atoms with Crippen LogP contribution in [-0.2, 0) is 20.8 Å². The molecule has 2 amide bonds. The monoisotopic (exact) mass is 594 g/mol. The SMILES string of the molecule is CC(C)(C)OC(=O)N[C@H]1CSc2cc(F)c(C(=O)CCC3CCOCC3)cc2N(Cc2ccc(Cl)cc2F)C1=O. The van der Waals surface area contributed by atoms with E-state index in [0.717, 1.165) is 30.7 Å². The fraction of sp³-hybridized carbons (Fsp3) is 0.483. The highest BCUT2D eigenvalue weighted by Gasteiger charge is 2.35. The number of hydrogen-bond acceptors (Lipinski definition) is 6. The molecule has 1 saturated heterocycles. The van der Waals surface area contributed by atoms with E-state index in [0.29, 0.717) is 30.4 Å². The van der Waals surface area contributed by atoms with Crippen molar-refractivity contribution in [1.29, 1.82) is 0 Å². The third-order valence-corrected chi connectivity index (χ3v) is 8.14. The highest BCUT2D eigenvalue weighted by Crippen LogP contribution is 2.38. The molecule has 0 unspecified atom stereocenters. The average molecular weight is 595 g/mol. The zero-order chi connectivity index (χ0) is 29.0. The number of anilines is 1. The first kappa shape index (κ1) is 30.3. The van der Waals surface area contributed by atoms with Crippen LogP contribution < -0.4 is 10.2 Å². The predicted molar refractivity (Wildman–Crippen MR) is 150 cm³/mol. The van der Waals surface area contributed by atoms with Gasteiger partial charge in [-0.05, 0) is 70.2 Å². The van der Waals surface area contributed by atoms with Crippen molar-refractivity contribution >= 4 is 46.8 Å². The van der Waals surface area contributed by atoms with Gasteiger partial charge in [0.2, 0.25) is 0 Å². The number of alkyl carbamates (subject to hydrolysis) is 1. The Morgan fingerprint density at radius 3 is 2.55 bits per heavy atom. The highest BCUT2D eigenvalue weighted by atomic mass is 35.5. The Balaban J connectivity index is 1.65. The normalized spacial score (nSPS) is 18.2. The molecule has 2 aliphatic rings. The lowest BCUT2D eigenvalue weighted by Gasteiger charge is -2.27. The van der Waals surface area contributed by atoms with E-state index in [1.54, 1.807) is 20.8 Å². The van der Waals surface area contributed by atoms with E-state index < -0.39 is 35.3 Å². The third kappa shape index (κ3) is 7.73. The van der Waals surface area contributed by atoms with Gasteiger partial charge in [0, 0.05) is 40.9 Å². The summed E-state index contributed by atoms with van der Waals surface area (Å²) in [6.45, 7) is 6.19. The predicted octanol–water partition coefficient (Wildman–Crippen LogP) is 6.54. The Bertz CT molecular complexity index is 1280. The maximum Gasteiger partial charge on any atom is 0.408 e. The zero-order valence-electron chi connectivity index (χ0n) is 22.7. The van der Waals surface area contributed by atoms with Gasteiger partial charge in [-0.3, -0.25) is 9.59 Å². The smallest absolute Gasteiger partial charge is 0.408 e. The Kier molecular flexibility index (Phi) is 9.74. The minimum Gasteiger partial charge on any atom is -0.444 e. The Morgan fingerprint density at radius 1 is 1.15 bits per heavy atom. The van der Waals surface area contributed by atoms with E-state index in [-0.39, 0.29) is 46.3 Å². The molecular formula is C29H33ClF2N2O5S. The molecule has 0 saturated carbocycles. The largest absolute Gasteiger partial charge is 0.444 e. The number of ether oxygens (including phenoxy) is 2. The fourth-order valence-corrected chi connectivity index (χ4v) is 5.91. The van der Waals surface area contributed by atoms with Gasteiger partial charge in [-0.2, -0.15) is 0 Å². The first-order valence-electron chi connectivity index (χ1n) is 13.2. The lowest BCUT2D eigenvalue weighted by Crippen LogP contribution is -2.50. The molecule has 0 radical (unpaired) electrons. The van der Waals surface area contributed by atoms with E-state index in [1.807, 2.05) is 0 Å². The molecule has 0 spiro atoms. The summed E-state index contributed by atoms with van der Waals surface area (Å²) in [5, 5.41) is 2.79. The molecule has 1 fully saturated rings. The minimum atomic E-state index is -1.04. The second-order valence-corrected chi connectivity index (χ2v) is 12.5. The van der Waals surface area contributed by atoms with Gasteiger partial charge in [-0.25, -0.2) is 13.6 Å². The number of nitrogens with zero attached hydrogens (tertiary/aromatic N) is 1. The number of benzene rings is 2. The number of halogens is 3. The summed E-state index contributed by atoms with van der Waals surface area (Å²) in [5.74, 6) is -1.80. The van der Waals surface area contributed by atoms with Crippen LogP contribution in [0.3, 0.4) is 0 Å². The second kappa shape index (κ2) is 12.9. The molecule has 11 heteroatoms. The van der Waals surface area contributed by atoms with E-state index in [1.165, 1.54) is 29.2 Å². The number of fused-ring (bicyclic) bond motifs is 1. The fourth-order valence-electron chi connectivity index (χ4n) is 4.68. The van der Waals surface area contributed by atoms with E-state index in [4.69, 9.17) is 21.1 Å². The molecule has 216 valence electrons. The molecule has 1 N–H and O–H groups in total. The molecule has 4 rings (SSSR count). The standard InChI is InChI=1S/C29H33ClF2N2O5S/c1-29(2,3)39-28(37)33-23-16-40-26-14-22(32)20(25(35)7-4-17-8-10-38-11-9-17)13-24(26)34(27(23)36)15-18-5-6-19(30)12-21(18)31/h5-6,12-14,17,23H,4,7-11,15-16H2,1-3H3,(H,33,37)/t23-/m0/s1. The van der Waals surface area contributed by atoms with Gasteiger partial charge in [0.25, 0.3) is 5.91 Å². The first-order chi connectivity index (χ1) is 18.9. The maximum atomic E-state index is 15.3. The first-order valence-corrected chi connectivity index (χ1v) is 14.6. The third-order valence-electron chi connectivity index (χ3n) is 6.76. The average Bonchev–Trinajstić information content (AvgIpc) is 2.99. The molecule has 2 aromatic carbocycles. The summed E-state index contributed by atoms with van der Waals surface area (Å²) in [4.78, 5) is 41.1. The quantitative estimate of drug-likeness (QED) is 0.366.